The number of pyridine rings is 1. The van der Waals surface area contributed by atoms with Crippen molar-refractivity contribution in [2.24, 2.45) is 17.8 Å². The third kappa shape index (κ3) is 6.06. The maximum absolute atomic E-state index is 12.9. The van der Waals surface area contributed by atoms with Crippen LogP contribution >= 0.6 is 0 Å². The van der Waals surface area contributed by atoms with Crippen molar-refractivity contribution in [1.29, 1.82) is 0 Å². The molecule has 1 amide bonds. The molecule has 2 aromatic rings. The molecule has 1 aromatic carbocycles. The van der Waals surface area contributed by atoms with E-state index < -0.39 is 0 Å². The Labute approximate surface area is 175 Å². The summed E-state index contributed by atoms with van der Waals surface area (Å²) < 4.78 is 5.73. The lowest BCUT2D eigenvalue weighted by Gasteiger charge is -2.36. The van der Waals surface area contributed by atoms with Crippen LogP contribution in [0.25, 0.3) is 0 Å². The molecule has 0 radical (unpaired) electrons. The minimum absolute atomic E-state index is 0.0318. The first-order chi connectivity index (χ1) is 14.1. The topological polar surface area (TPSA) is 51.2 Å². The van der Waals surface area contributed by atoms with Crippen LogP contribution < -0.4 is 10.1 Å². The van der Waals surface area contributed by atoms with Crippen LogP contribution in [0.4, 0.5) is 0 Å². The first kappa shape index (κ1) is 21.4. The van der Waals surface area contributed by atoms with E-state index in [2.05, 4.69) is 31.1 Å². The lowest BCUT2D eigenvalue weighted by atomic mass is 9.76. The van der Waals surface area contributed by atoms with Crippen molar-refractivity contribution < 1.29 is 9.53 Å². The van der Waals surface area contributed by atoms with Crippen LogP contribution in [0.5, 0.6) is 5.88 Å². The molecule has 0 aliphatic heterocycles. The number of amides is 1. The number of nitrogens with one attached hydrogen (secondary N) is 1. The maximum Gasteiger partial charge on any atom is 0.253 e. The van der Waals surface area contributed by atoms with Crippen LogP contribution in [0, 0.1) is 17.8 Å². The number of carbonyl (C=O) groups excluding carboxylic acids is 1. The highest BCUT2D eigenvalue weighted by atomic mass is 16.5. The first-order valence-electron chi connectivity index (χ1n) is 11.0. The van der Waals surface area contributed by atoms with Gasteiger partial charge in [-0.15, -0.1) is 0 Å². The molecule has 4 heteroatoms. The minimum atomic E-state index is -0.0318. The normalized spacial score (nSPS) is 24.9. The van der Waals surface area contributed by atoms with E-state index in [1.54, 1.807) is 18.3 Å². The molecular weight excluding hydrogens is 360 g/mol. The average molecular weight is 395 g/mol. The summed E-state index contributed by atoms with van der Waals surface area (Å²) in [4.78, 5) is 17.2. The fourth-order valence-electron chi connectivity index (χ4n) is 4.46. The van der Waals surface area contributed by atoms with E-state index in [4.69, 9.17) is 4.74 Å². The molecule has 1 aliphatic rings. The summed E-state index contributed by atoms with van der Waals surface area (Å²) in [5, 5.41) is 3.33. The summed E-state index contributed by atoms with van der Waals surface area (Å²) in [7, 11) is 0. The molecule has 0 spiro atoms. The Hall–Kier alpha value is -2.36. The van der Waals surface area contributed by atoms with Gasteiger partial charge in [0.2, 0.25) is 5.88 Å². The second-order valence-corrected chi connectivity index (χ2v) is 8.58. The minimum Gasteiger partial charge on any atom is -0.473 e. The monoisotopic (exact) mass is 394 g/mol. The first-order valence-corrected chi connectivity index (χ1v) is 11.0. The molecule has 0 bridgehead atoms. The number of benzene rings is 1. The van der Waals surface area contributed by atoms with Gasteiger partial charge in [0.15, 0.2) is 0 Å². The molecule has 3 rings (SSSR count). The molecule has 1 heterocycles. The summed E-state index contributed by atoms with van der Waals surface area (Å²) in [6, 6.07) is 13.8. The number of carbonyl (C=O) groups is 1. The molecular formula is C25H34N2O2. The predicted octanol–water partition coefficient (Wildman–Crippen LogP) is 5.63. The highest BCUT2D eigenvalue weighted by molar-refractivity contribution is 5.94. The van der Waals surface area contributed by atoms with Gasteiger partial charge in [-0.25, -0.2) is 4.98 Å². The van der Waals surface area contributed by atoms with E-state index in [1.807, 2.05) is 30.3 Å². The lowest BCUT2D eigenvalue weighted by molar-refractivity contribution is 0.0875. The van der Waals surface area contributed by atoms with Crippen LogP contribution in [0.1, 0.15) is 68.8 Å². The fourth-order valence-corrected chi connectivity index (χ4v) is 4.46. The Morgan fingerprint density at radius 2 is 1.93 bits per heavy atom. The number of ether oxygens (including phenoxy) is 1. The molecule has 4 atom stereocenters. The van der Waals surface area contributed by atoms with Crippen LogP contribution in [-0.4, -0.2) is 16.9 Å². The van der Waals surface area contributed by atoms with Crippen molar-refractivity contribution in [1.82, 2.24) is 10.3 Å². The molecule has 4 unspecified atom stereocenters. The Kier molecular flexibility index (Phi) is 7.68. The van der Waals surface area contributed by atoms with E-state index >= 15 is 0 Å². The number of hydrogen-bond donors (Lipinski definition) is 1. The van der Waals surface area contributed by atoms with Gasteiger partial charge in [-0.1, -0.05) is 70.4 Å². The molecule has 29 heavy (non-hydrogen) atoms. The standard InChI is InChI=1S/C25H34N2O2/c1-4-21-15-18(2)9-8-10-19(3)24(21)27-25(28)22-13-14-23(26-16-22)29-17-20-11-6-5-7-12-20/h5-7,11-14,16,18-19,21,24H,4,8-10,15,17H2,1-3H3,(H,27,28). The largest absolute Gasteiger partial charge is 0.473 e. The van der Waals surface area contributed by atoms with E-state index in [1.165, 1.54) is 25.7 Å². The van der Waals surface area contributed by atoms with E-state index in [0.29, 0.717) is 29.9 Å². The lowest BCUT2D eigenvalue weighted by Crippen LogP contribution is -2.45. The second-order valence-electron chi connectivity index (χ2n) is 8.58. The van der Waals surface area contributed by atoms with Gasteiger partial charge in [0.25, 0.3) is 5.91 Å². The zero-order chi connectivity index (χ0) is 20.6. The van der Waals surface area contributed by atoms with Crippen LogP contribution in [-0.2, 0) is 6.61 Å². The van der Waals surface area contributed by atoms with Crippen molar-refractivity contribution in [3.05, 3.63) is 59.8 Å². The molecule has 1 aliphatic carbocycles. The van der Waals surface area contributed by atoms with Crippen molar-refractivity contribution in [3.8, 4) is 5.88 Å². The Bertz CT molecular complexity index is 760. The van der Waals surface area contributed by atoms with Gasteiger partial charge in [0.1, 0.15) is 6.61 Å². The fraction of sp³-hybridized carbons (Fsp3) is 0.520. The highest BCUT2D eigenvalue weighted by Crippen LogP contribution is 2.32. The van der Waals surface area contributed by atoms with Gasteiger partial charge >= 0.3 is 0 Å². The Morgan fingerprint density at radius 3 is 2.62 bits per heavy atom. The number of aromatic nitrogens is 1. The highest BCUT2D eigenvalue weighted by Gasteiger charge is 2.30. The molecule has 1 N–H and O–H groups in total. The zero-order valence-electron chi connectivity index (χ0n) is 17.9. The second kappa shape index (κ2) is 10.4. The summed E-state index contributed by atoms with van der Waals surface area (Å²) in [6.07, 6.45) is 7.64. The van der Waals surface area contributed by atoms with Gasteiger partial charge in [-0.2, -0.15) is 0 Å². The summed E-state index contributed by atoms with van der Waals surface area (Å²) in [6.45, 7) is 7.33. The summed E-state index contributed by atoms with van der Waals surface area (Å²) in [5.74, 6) is 2.26. The smallest absolute Gasteiger partial charge is 0.253 e. The van der Waals surface area contributed by atoms with Crippen LogP contribution in [0.3, 0.4) is 0 Å². The van der Waals surface area contributed by atoms with Crippen molar-refractivity contribution in [2.45, 2.75) is 65.5 Å². The predicted molar refractivity (Wildman–Crippen MR) is 117 cm³/mol. The van der Waals surface area contributed by atoms with Gasteiger partial charge < -0.3 is 10.1 Å². The van der Waals surface area contributed by atoms with Crippen molar-refractivity contribution in [3.63, 3.8) is 0 Å². The van der Waals surface area contributed by atoms with Crippen molar-refractivity contribution in [2.75, 3.05) is 0 Å². The SMILES string of the molecule is CCC1CC(C)CCCC(C)C1NC(=O)c1ccc(OCc2ccccc2)nc1. The molecule has 1 saturated carbocycles. The summed E-state index contributed by atoms with van der Waals surface area (Å²) >= 11 is 0. The Balaban J connectivity index is 1.61. The molecule has 4 nitrogen and oxygen atoms in total. The molecule has 1 aromatic heterocycles. The van der Waals surface area contributed by atoms with E-state index in [0.717, 1.165) is 17.9 Å². The number of nitrogens with zero attached hydrogens (tertiary/aromatic N) is 1. The van der Waals surface area contributed by atoms with E-state index in [-0.39, 0.29) is 11.9 Å². The van der Waals surface area contributed by atoms with Crippen molar-refractivity contribution >= 4 is 5.91 Å². The molecule has 0 saturated heterocycles. The third-order valence-electron chi connectivity index (χ3n) is 6.23. The Morgan fingerprint density at radius 1 is 1.14 bits per heavy atom. The van der Waals surface area contributed by atoms with Gasteiger partial charge in [0.05, 0.1) is 5.56 Å². The molecule has 1 fully saturated rings. The van der Waals surface area contributed by atoms with E-state index in [9.17, 15) is 4.79 Å². The quantitative estimate of drug-likeness (QED) is 0.691. The van der Waals surface area contributed by atoms with Crippen LogP contribution in [0.2, 0.25) is 0 Å². The summed E-state index contributed by atoms with van der Waals surface area (Å²) in [5.41, 5.74) is 1.68. The zero-order valence-corrected chi connectivity index (χ0v) is 17.9. The molecule has 156 valence electrons. The number of rotatable bonds is 6. The van der Waals surface area contributed by atoms with Crippen LogP contribution in [0.15, 0.2) is 48.7 Å². The maximum atomic E-state index is 12.9. The number of hydrogen-bond acceptors (Lipinski definition) is 3. The van der Waals surface area contributed by atoms with Gasteiger partial charge in [-0.05, 0) is 42.2 Å². The van der Waals surface area contributed by atoms with Gasteiger partial charge in [-0.3, -0.25) is 4.79 Å². The van der Waals surface area contributed by atoms with Gasteiger partial charge in [0, 0.05) is 18.3 Å². The average Bonchev–Trinajstić information content (AvgIpc) is 2.74. The third-order valence-corrected chi connectivity index (χ3v) is 6.23.